The van der Waals surface area contributed by atoms with Crippen LogP contribution in [0.25, 0.3) is 11.0 Å². The fraction of sp³-hybridized carbons (Fsp3) is 0.517. The van der Waals surface area contributed by atoms with Crippen LogP contribution in [-0.4, -0.2) is 21.5 Å². The van der Waals surface area contributed by atoms with Gasteiger partial charge in [-0.05, 0) is 68.4 Å². The van der Waals surface area contributed by atoms with Gasteiger partial charge in [-0.25, -0.2) is 9.37 Å². The van der Waals surface area contributed by atoms with Crippen molar-refractivity contribution in [2.24, 2.45) is 5.92 Å². The summed E-state index contributed by atoms with van der Waals surface area (Å²) in [5.41, 5.74) is 2.41. The van der Waals surface area contributed by atoms with E-state index in [1.807, 2.05) is 35.8 Å². The minimum absolute atomic E-state index is 0.0458. The van der Waals surface area contributed by atoms with E-state index in [4.69, 9.17) is 9.72 Å². The fourth-order valence-corrected chi connectivity index (χ4v) is 5.91. The highest BCUT2D eigenvalue weighted by Gasteiger charge is 2.35. The zero-order valence-electron chi connectivity index (χ0n) is 20.6. The molecule has 0 saturated heterocycles. The lowest BCUT2D eigenvalue weighted by atomic mass is 9.83. The van der Waals surface area contributed by atoms with Crippen LogP contribution < -0.4 is 10.1 Å². The molecule has 186 valence electrons. The van der Waals surface area contributed by atoms with Crippen molar-refractivity contribution >= 4 is 16.9 Å². The van der Waals surface area contributed by atoms with E-state index in [1.54, 1.807) is 6.07 Å². The Kier molecular flexibility index (Phi) is 7.35. The molecule has 0 radical (unpaired) electrons. The van der Waals surface area contributed by atoms with Crippen molar-refractivity contribution in [3.8, 4) is 5.75 Å². The van der Waals surface area contributed by atoms with E-state index in [0.717, 1.165) is 62.7 Å². The number of para-hydroxylation sites is 1. The summed E-state index contributed by atoms with van der Waals surface area (Å²) < 4.78 is 22.6. The molecule has 1 atom stereocenters. The van der Waals surface area contributed by atoms with Gasteiger partial charge in [0.2, 0.25) is 5.91 Å². The molecule has 1 aromatic heterocycles. The number of aryl methyl sites for hydroxylation is 1. The summed E-state index contributed by atoms with van der Waals surface area (Å²) in [5.74, 6) is 1.39. The lowest BCUT2D eigenvalue weighted by molar-refractivity contribution is -0.127. The number of nitrogens with one attached hydrogen (secondary N) is 1. The van der Waals surface area contributed by atoms with E-state index in [2.05, 4.69) is 5.32 Å². The average Bonchev–Trinajstić information content (AvgIpc) is 3.22. The van der Waals surface area contributed by atoms with Crippen LogP contribution >= 0.6 is 0 Å². The molecule has 35 heavy (non-hydrogen) atoms. The predicted molar refractivity (Wildman–Crippen MR) is 136 cm³/mol. The summed E-state index contributed by atoms with van der Waals surface area (Å²) in [6.45, 7) is 2.23. The number of imidazole rings is 1. The molecule has 5 nitrogen and oxygen atoms in total. The van der Waals surface area contributed by atoms with Crippen LogP contribution in [0.4, 0.5) is 4.39 Å². The average molecular weight is 478 g/mol. The Morgan fingerprint density at radius 3 is 2.51 bits per heavy atom. The molecule has 2 saturated carbocycles. The summed E-state index contributed by atoms with van der Waals surface area (Å²) in [5, 5.41) is 3.37. The van der Waals surface area contributed by atoms with Gasteiger partial charge in [0.25, 0.3) is 0 Å². The number of fused-ring (bicyclic) bond motifs is 1. The molecule has 2 aliphatic rings. The molecule has 1 unspecified atom stereocenters. The minimum Gasteiger partial charge on any atom is -0.485 e. The number of hydrogen-bond acceptors (Lipinski definition) is 3. The van der Waals surface area contributed by atoms with Gasteiger partial charge in [0.1, 0.15) is 30.0 Å². The van der Waals surface area contributed by atoms with Crippen molar-refractivity contribution in [2.45, 2.75) is 89.8 Å². The van der Waals surface area contributed by atoms with Crippen LogP contribution in [0, 0.1) is 18.7 Å². The number of benzene rings is 2. The number of aromatic nitrogens is 2. The number of nitrogens with zero attached hydrogens (tertiary/aromatic N) is 2. The molecule has 2 aliphatic carbocycles. The molecule has 1 amide bonds. The monoisotopic (exact) mass is 477 g/mol. The highest BCUT2D eigenvalue weighted by molar-refractivity contribution is 5.85. The van der Waals surface area contributed by atoms with Gasteiger partial charge >= 0.3 is 0 Å². The maximum Gasteiger partial charge on any atom is 0.243 e. The van der Waals surface area contributed by atoms with Crippen LogP contribution in [0.5, 0.6) is 5.75 Å². The highest BCUT2D eigenvalue weighted by atomic mass is 19.1. The Balaban J connectivity index is 1.53. The van der Waals surface area contributed by atoms with E-state index in [9.17, 15) is 9.18 Å². The molecule has 2 aromatic carbocycles. The van der Waals surface area contributed by atoms with E-state index < -0.39 is 6.04 Å². The van der Waals surface area contributed by atoms with E-state index in [-0.39, 0.29) is 30.3 Å². The number of halogens is 1. The number of hydrogen-bond donors (Lipinski definition) is 1. The second kappa shape index (κ2) is 10.8. The largest absolute Gasteiger partial charge is 0.485 e. The zero-order valence-corrected chi connectivity index (χ0v) is 20.6. The normalized spacial score (nSPS) is 18.5. The van der Waals surface area contributed by atoms with E-state index in [1.165, 1.54) is 25.0 Å². The summed E-state index contributed by atoms with van der Waals surface area (Å²) in [7, 11) is 0. The Morgan fingerprint density at radius 2 is 1.77 bits per heavy atom. The summed E-state index contributed by atoms with van der Waals surface area (Å²) in [6, 6.07) is 12.3. The predicted octanol–water partition coefficient (Wildman–Crippen LogP) is 6.63. The van der Waals surface area contributed by atoms with Crippen LogP contribution in [0.15, 0.2) is 42.5 Å². The minimum atomic E-state index is -0.417. The summed E-state index contributed by atoms with van der Waals surface area (Å²) >= 11 is 0. The maximum absolute atomic E-state index is 14.4. The van der Waals surface area contributed by atoms with Crippen molar-refractivity contribution in [3.63, 3.8) is 0 Å². The first-order valence-corrected chi connectivity index (χ1v) is 13.3. The van der Waals surface area contributed by atoms with Crippen LogP contribution in [0.3, 0.4) is 0 Å². The number of rotatable bonds is 7. The number of carbonyl (C=O) groups excluding carboxylic acids is 1. The Morgan fingerprint density at radius 1 is 1.06 bits per heavy atom. The van der Waals surface area contributed by atoms with Gasteiger partial charge in [0.05, 0.1) is 11.0 Å². The first-order valence-electron chi connectivity index (χ1n) is 13.3. The van der Waals surface area contributed by atoms with Gasteiger partial charge in [-0.15, -0.1) is 0 Å². The summed E-state index contributed by atoms with van der Waals surface area (Å²) in [4.78, 5) is 18.8. The molecule has 0 spiro atoms. The van der Waals surface area contributed by atoms with Gasteiger partial charge in [-0.1, -0.05) is 56.7 Å². The van der Waals surface area contributed by atoms with Crippen LogP contribution in [0.2, 0.25) is 0 Å². The molecule has 2 fully saturated rings. The Bertz CT molecular complexity index is 1160. The SMILES string of the molecule is Cc1ccccc1OCc1nc2ccc(F)cc2n1C(C(=O)NC1CCCCC1)C1CCCCC1. The van der Waals surface area contributed by atoms with Crippen LogP contribution in [0.1, 0.15) is 81.6 Å². The molecular formula is C29H36FN3O2. The molecule has 1 heterocycles. The lowest BCUT2D eigenvalue weighted by Crippen LogP contribution is -2.44. The number of ether oxygens (including phenoxy) is 1. The second-order valence-electron chi connectivity index (χ2n) is 10.3. The molecule has 1 N–H and O–H groups in total. The Hall–Kier alpha value is -2.89. The molecule has 5 rings (SSSR count). The number of carbonyl (C=O) groups is 1. The van der Waals surface area contributed by atoms with Crippen molar-refractivity contribution < 1.29 is 13.9 Å². The highest BCUT2D eigenvalue weighted by Crippen LogP contribution is 2.37. The van der Waals surface area contributed by atoms with Crippen molar-refractivity contribution in [1.29, 1.82) is 0 Å². The topological polar surface area (TPSA) is 56.2 Å². The molecule has 0 bridgehead atoms. The third-order valence-corrected chi connectivity index (χ3v) is 7.77. The van der Waals surface area contributed by atoms with E-state index >= 15 is 0 Å². The third-order valence-electron chi connectivity index (χ3n) is 7.77. The Labute approximate surface area is 207 Å². The van der Waals surface area contributed by atoms with Gasteiger partial charge in [-0.3, -0.25) is 4.79 Å². The third kappa shape index (κ3) is 5.36. The quantitative estimate of drug-likeness (QED) is 0.415. The van der Waals surface area contributed by atoms with Gasteiger partial charge in [0.15, 0.2) is 0 Å². The first kappa shape index (κ1) is 23.8. The fourth-order valence-electron chi connectivity index (χ4n) is 5.91. The van der Waals surface area contributed by atoms with Crippen molar-refractivity contribution in [3.05, 3.63) is 59.7 Å². The maximum atomic E-state index is 14.4. The molecule has 6 heteroatoms. The van der Waals surface area contributed by atoms with Crippen molar-refractivity contribution in [2.75, 3.05) is 0 Å². The number of amides is 1. The standard InChI is InChI=1S/C29H36FN3O2/c1-20-10-8-9-15-26(20)35-19-27-32-24-17-16-22(30)18-25(24)33(27)28(21-11-4-2-5-12-21)29(34)31-23-13-6-3-7-14-23/h8-10,15-18,21,23,28H,2-7,11-14,19H2,1H3,(H,31,34). The molecule has 3 aromatic rings. The lowest BCUT2D eigenvalue weighted by Gasteiger charge is -2.33. The first-order chi connectivity index (χ1) is 17.1. The smallest absolute Gasteiger partial charge is 0.243 e. The zero-order chi connectivity index (χ0) is 24.2. The molecule has 0 aliphatic heterocycles. The molecular weight excluding hydrogens is 441 g/mol. The second-order valence-corrected chi connectivity index (χ2v) is 10.3. The van der Waals surface area contributed by atoms with Crippen LogP contribution in [-0.2, 0) is 11.4 Å². The van der Waals surface area contributed by atoms with Crippen molar-refractivity contribution in [1.82, 2.24) is 14.9 Å². The van der Waals surface area contributed by atoms with Gasteiger partial charge in [0, 0.05) is 6.04 Å². The van der Waals surface area contributed by atoms with Gasteiger partial charge < -0.3 is 14.6 Å². The van der Waals surface area contributed by atoms with Gasteiger partial charge in [-0.2, -0.15) is 0 Å². The van der Waals surface area contributed by atoms with E-state index in [0.29, 0.717) is 16.9 Å². The summed E-state index contributed by atoms with van der Waals surface area (Å²) in [6.07, 6.45) is 11.1.